The Morgan fingerprint density at radius 2 is 2.05 bits per heavy atom. The van der Waals surface area contributed by atoms with Crippen molar-refractivity contribution in [2.45, 2.75) is 34.1 Å². The normalized spacial score (nSPS) is 10.7. The van der Waals surface area contributed by atoms with Crippen LogP contribution < -0.4 is 10.6 Å². The predicted molar refractivity (Wildman–Crippen MR) is 87.9 cm³/mol. The fourth-order valence-corrected chi connectivity index (χ4v) is 1.95. The highest BCUT2D eigenvalue weighted by Crippen LogP contribution is 2.17. The highest BCUT2D eigenvalue weighted by atomic mass is 16.5. The molecule has 0 unspecified atom stereocenters. The zero-order valence-corrected chi connectivity index (χ0v) is 13.7. The van der Waals surface area contributed by atoms with E-state index in [0.29, 0.717) is 24.6 Å². The van der Waals surface area contributed by atoms with Crippen LogP contribution in [-0.4, -0.2) is 32.2 Å². The zero-order valence-electron chi connectivity index (χ0n) is 13.7. The summed E-state index contributed by atoms with van der Waals surface area (Å²) in [6.45, 7) is 11.0. The Morgan fingerprint density at radius 1 is 1.29 bits per heavy atom. The molecule has 0 fully saturated rings. The van der Waals surface area contributed by atoms with Crippen molar-refractivity contribution in [2.24, 2.45) is 5.92 Å². The lowest BCUT2D eigenvalue weighted by Crippen LogP contribution is -2.28. The number of carbonyl (C=O) groups is 1. The summed E-state index contributed by atoms with van der Waals surface area (Å²) in [6.07, 6.45) is 1.05. The number of rotatable bonds is 9. The molecule has 0 aliphatic carbocycles. The van der Waals surface area contributed by atoms with Crippen molar-refractivity contribution in [2.75, 3.05) is 31.6 Å². The molecule has 0 saturated heterocycles. The first-order valence-corrected chi connectivity index (χ1v) is 7.75. The van der Waals surface area contributed by atoms with Crippen LogP contribution >= 0.6 is 0 Å². The molecule has 0 aliphatic rings. The SMILES string of the molecule is CCNc1cc(C)ccc1C(=O)NCCOCCC(C)C. The first-order chi connectivity index (χ1) is 10.0. The van der Waals surface area contributed by atoms with E-state index in [1.54, 1.807) is 0 Å². The van der Waals surface area contributed by atoms with E-state index in [2.05, 4.69) is 24.5 Å². The van der Waals surface area contributed by atoms with Gasteiger partial charge in [-0.05, 0) is 43.9 Å². The van der Waals surface area contributed by atoms with Crippen molar-refractivity contribution in [1.82, 2.24) is 5.32 Å². The molecule has 0 radical (unpaired) electrons. The van der Waals surface area contributed by atoms with Gasteiger partial charge in [-0.3, -0.25) is 4.79 Å². The van der Waals surface area contributed by atoms with Gasteiger partial charge in [-0.2, -0.15) is 0 Å². The Bertz CT molecular complexity index is 444. The van der Waals surface area contributed by atoms with E-state index in [1.807, 2.05) is 32.0 Å². The minimum absolute atomic E-state index is 0.0570. The highest BCUT2D eigenvalue weighted by molar-refractivity contribution is 5.99. The van der Waals surface area contributed by atoms with Gasteiger partial charge < -0.3 is 15.4 Å². The first-order valence-electron chi connectivity index (χ1n) is 7.75. The summed E-state index contributed by atoms with van der Waals surface area (Å²) in [5, 5.41) is 6.13. The Balaban J connectivity index is 2.41. The first kappa shape index (κ1) is 17.5. The third-order valence-electron chi connectivity index (χ3n) is 3.16. The maximum atomic E-state index is 12.2. The summed E-state index contributed by atoms with van der Waals surface area (Å²) in [4.78, 5) is 12.2. The second kappa shape index (κ2) is 9.40. The lowest BCUT2D eigenvalue weighted by Gasteiger charge is -2.12. The quantitative estimate of drug-likeness (QED) is 0.687. The summed E-state index contributed by atoms with van der Waals surface area (Å²) in [7, 11) is 0. The second-order valence-corrected chi connectivity index (χ2v) is 5.63. The second-order valence-electron chi connectivity index (χ2n) is 5.63. The number of nitrogens with one attached hydrogen (secondary N) is 2. The Kier molecular flexibility index (Phi) is 7.83. The minimum atomic E-state index is -0.0570. The van der Waals surface area contributed by atoms with Crippen molar-refractivity contribution < 1.29 is 9.53 Å². The number of amides is 1. The molecule has 0 heterocycles. The molecule has 4 heteroatoms. The third-order valence-corrected chi connectivity index (χ3v) is 3.16. The van der Waals surface area contributed by atoms with Gasteiger partial charge in [0.25, 0.3) is 5.91 Å². The zero-order chi connectivity index (χ0) is 15.7. The molecule has 2 N–H and O–H groups in total. The molecule has 1 amide bonds. The molecule has 0 saturated carbocycles. The number of anilines is 1. The number of aryl methyl sites for hydroxylation is 1. The van der Waals surface area contributed by atoms with Crippen molar-refractivity contribution in [3.63, 3.8) is 0 Å². The van der Waals surface area contributed by atoms with E-state index in [4.69, 9.17) is 4.74 Å². The van der Waals surface area contributed by atoms with Gasteiger partial charge in [0.05, 0.1) is 12.2 Å². The van der Waals surface area contributed by atoms with E-state index in [1.165, 1.54) is 0 Å². The van der Waals surface area contributed by atoms with Gasteiger partial charge in [0, 0.05) is 25.4 Å². The average Bonchev–Trinajstić information content (AvgIpc) is 2.42. The van der Waals surface area contributed by atoms with Crippen molar-refractivity contribution in [3.05, 3.63) is 29.3 Å². The smallest absolute Gasteiger partial charge is 0.253 e. The summed E-state index contributed by atoms with van der Waals surface area (Å²) < 4.78 is 5.50. The number of ether oxygens (including phenoxy) is 1. The molecule has 118 valence electrons. The molecule has 0 aliphatic heterocycles. The molecular formula is C17H28N2O2. The third kappa shape index (κ3) is 6.63. The Labute approximate surface area is 128 Å². The van der Waals surface area contributed by atoms with Gasteiger partial charge in [-0.15, -0.1) is 0 Å². The van der Waals surface area contributed by atoms with Crippen LogP contribution in [0.15, 0.2) is 18.2 Å². The summed E-state index contributed by atoms with van der Waals surface area (Å²) in [6, 6.07) is 5.81. The topological polar surface area (TPSA) is 50.4 Å². The lowest BCUT2D eigenvalue weighted by molar-refractivity contribution is 0.0906. The van der Waals surface area contributed by atoms with Gasteiger partial charge >= 0.3 is 0 Å². The number of hydrogen-bond acceptors (Lipinski definition) is 3. The van der Waals surface area contributed by atoms with Gasteiger partial charge in [-0.1, -0.05) is 19.9 Å². The fourth-order valence-electron chi connectivity index (χ4n) is 1.95. The van der Waals surface area contributed by atoms with E-state index in [-0.39, 0.29) is 5.91 Å². The van der Waals surface area contributed by atoms with Crippen molar-refractivity contribution in [1.29, 1.82) is 0 Å². The maximum Gasteiger partial charge on any atom is 0.253 e. The van der Waals surface area contributed by atoms with Crippen LogP contribution in [0.25, 0.3) is 0 Å². The van der Waals surface area contributed by atoms with Gasteiger partial charge in [0.1, 0.15) is 0 Å². The van der Waals surface area contributed by atoms with Crippen LogP contribution in [0.4, 0.5) is 5.69 Å². The molecule has 0 spiro atoms. The molecule has 1 aromatic carbocycles. The van der Waals surface area contributed by atoms with Crippen molar-refractivity contribution >= 4 is 11.6 Å². The summed E-state index contributed by atoms with van der Waals surface area (Å²) >= 11 is 0. The Hall–Kier alpha value is -1.55. The molecular weight excluding hydrogens is 264 g/mol. The summed E-state index contributed by atoms with van der Waals surface area (Å²) in [5.74, 6) is 0.591. The van der Waals surface area contributed by atoms with E-state index in [9.17, 15) is 4.79 Å². The lowest BCUT2D eigenvalue weighted by atomic mass is 10.1. The summed E-state index contributed by atoms with van der Waals surface area (Å²) in [5.41, 5.74) is 2.71. The predicted octanol–water partition coefficient (Wildman–Crippen LogP) is 3.22. The highest BCUT2D eigenvalue weighted by Gasteiger charge is 2.10. The van der Waals surface area contributed by atoms with Crippen LogP contribution in [0.3, 0.4) is 0 Å². The van der Waals surface area contributed by atoms with Crippen molar-refractivity contribution in [3.8, 4) is 0 Å². The molecule has 1 rings (SSSR count). The molecule has 0 aromatic heterocycles. The van der Waals surface area contributed by atoms with Gasteiger partial charge in [-0.25, -0.2) is 0 Å². The minimum Gasteiger partial charge on any atom is -0.385 e. The van der Waals surface area contributed by atoms with E-state index in [0.717, 1.165) is 30.8 Å². The van der Waals surface area contributed by atoms with Crippen LogP contribution in [0.5, 0.6) is 0 Å². The van der Waals surface area contributed by atoms with Gasteiger partial charge in [0.15, 0.2) is 0 Å². The average molecular weight is 292 g/mol. The molecule has 0 atom stereocenters. The number of hydrogen-bond donors (Lipinski definition) is 2. The monoisotopic (exact) mass is 292 g/mol. The largest absolute Gasteiger partial charge is 0.385 e. The number of benzene rings is 1. The molecule has 0 bridgehead atoms. The molecule has 4 nitrogen and oxygen atoms in total. The van der Waals surface area contributed by atoms with Crippen LogP contribution in [0, 0.1) is 12.8 Å². The van der Waals surface area contributed by atoms with Crippen LogP contribution in [0.1, 0.15) is 43.1 Å². The van der Waals surface area contributed by atoms with Crippen LogP contribution in [0.2, 0.25) is 0 Å². The molecule has 1 aromatic rings. The molecule has 21 heavy (non-hydrogen) atoms. The number of carbonyl (C=O) groups excluding carboxylic acids is 1. The van der Waals surface area contributed by atoms with E-state index >= 15 is 0 Å². The standard InChI is InChI=1S/C17H28N2O2/c1-5-18-16-12-14(4)6-7-15(16)17(20)19-9-11-21-10-8-13(2)3/h6-7,12-13,18H,5,8-11H2,1-4H3,(H,19,20). The van der Waals surface area contributed by atoms with Gasteiger partial charge in [0.2, 0.25) is 0 Å². The maximum absolute atomic E-state index is 12.2. The van der Waals surface area contributed by atoms with E-state index < -0.39 is 0 Å². The fraction of sp³-hybridized carbons (Fsp3) is 0.588. The Morgan fingerprint density at radius 3 is 2.71 bits per heavy atom. The van der Waals surface area contributed by atoms with Crippen LogP contribution in [-0.2, 0) is 4.74 Å².